The maximum Gasteiger partial charge on any atom is 0.573 e. The number of nitrogens with zero attached hydrogens (tertiary/aromatic N) is 1. The molecule has 1 aromatic heterocycles. The second-order valence-electron chi connectivity index (χ2n) is 4.46. The molecule has 0 aliphatic heterocycles. The van der Waals surface area contributed by atoms with E-state index in [1.54, 1.807) is 12.1 Å². The first-order valence-corrected chi connectivity index (χ1v) is 7.56. The molecular formula is C13H12BrF3N2OS. The lowest BCUT2D eigenvalue weighted by Gasteiger charge is -2.14. The molecule has 2 aromatic rings. The van der Waals surface area contributed by atoms with Gasteiger partial charge in [0.15, 0.2) is 5.13 Å². The molecule has 0 amide bonds. The lowest BCUT2D eigenvalue weighted by molar-refractivity contribution is -0.274. The van der Waals surface area contributed by atoms with E-state index < -0.39 is 6.36 Å². The Morgan fingerprint density at radius 2 is 2.05 bits per heavy atom. The van der Waals surface area contributed by atoms with E-state index in [0.29, 0.717) is 5.13 Å². The number of halogens is 4. The molecule has 0 spiro atoms. The number of nitrogens with two attached hydrogens (primary N) is 1. The normalized spacial score (nSPS) is 13.2. The van der Waals surface area contributed by atoms with Crippen molar-refractivity contribution in [2.75, 3.05) is 5.73 Å². The molecule has 0 fully saturated rings. The van der Waals surface area contributed by atoms with Crippen molar-refractivity contribution in [1.82, 2.24) is 4.98 Å². The summed E-state index contributed by atoms with van der Waals surface area (Å²) in [6, 6.07) is 4.51. The van der Waals surface area contributed by atoms with Crippen LogP contribution in [-0.2, 0) is 0 Å². The molecule has 21 heavy (non-hydrogen) atoms. The number of ether oxygens (including phenoxy) is 1. The van der Waals surface area contributed by atoms with Crippen molar-refractivity contribution in [2.45, 2.75) is 26.1 Å². The molecule has 0 radical (unpaired) electrons. The van der Waals surface area contributed by atoms with Crippen molar-refractivity contribution in [3.8, 4) is 5.75 Å². The van der Waals surface area contributed by atoms with Crippen LogP contribution in [0.5, 0.6) is 5.75 Å². The van der Waals surface area contributed by atoms with Crippen LogP contribution in [0.3, 0.4) is 0 Å². The van der Waals surface area contributed by atoms with Crippen LogP contribution in [0.15, 0.2) is 22.7 Å². The van der Waals surface area contributed by atoms with Crippen LogP contribution in [0.2, 0.25) is 0 Å². The van der Waals surface area contributed by atoms with E-state index in [1.165, 1.54) is 17.4 Å². The van der Waals surface area contributed by atoms with Crippen LogP contribution in [0.25, 0.3) is 0 Å². The molecular weight excluding hydrogens is 369 g/mol. The molecule has 1 aromatic carbocycles. The lowest BCUT2D eigenvalue weighted by Crippen LogP contribution is -2.17. The quantitative estimate of drug-likeness (QED) is 0.827. The van der Waals surface area contributed by atoms with E-state index in [9.17, 15) is 13.2 Å². The molecule has 3 nitrogen and oxygen atoms in total. The second-order valence-corrected chi connectivity index (χ2v) is 6.38. The molecule has 8 heteroatoms. The number of benzene rings is 1. The minimum Gasteiger partial charge on any atom is -0.405 e. The molecule has 1 heterocycles. The summed E-state index contributed by atoms with van der Waals surface area (Å²) in [5.41, 5.74) is 7.35. The zero-order valence-electron chi connectivity index (χ0n) is 11.2. The first-order chi connectivity index (χ1) is 9.67. The molecule has 0 saturated carbocycles. The van der Waals surface area contributed by atoms with Gasteiger partial charge in [-0.15, -0.1) is 24.5 Å². The van der Waals surface area contributed by atoms with Gasteiger partial charge < -0.3 is 10.5 Å². The highest BCUT2D eigenvalue weighted by Gasteiger charge is 2.32. The highest BCUT2D eigenvalue weighted by molar-refractivity contribution is 9.10. The molecule has 0 bridgehead atoms. The summed E-state index contributed by atoms with van der Waals surface area (Å²) < 4.78 is 40.9. The number of hydrogen-bond acceptors (Lipinski definition) is 4. The maximum atomic E-state index is 12.2. The monoisotopic (exact) mass is 380 g/mol. The number of aromatic nitrogens is 1. The van der Waals surface area contributed by atoms with Gasteiger partial charge in [0, 0.05) is 10.8 Å². The van der Waals surface area contributed by atoms with E-state index >= 15 is 0 Å². The number of aryl methyl sites for hydroxylation is 1. The predicted molar refractivity (Wildman–Crippen MR) is 79.6 cm³/mol. The molecule has 0 saturated heterocycles. The fourth-order valence-electron chi connectivity index (χ4n) is 1.98. The Hall–Kier alpha value is -1.28. The summed E-state index contributed by atoms with van der Waals surface area (Å²) in [4.78, 5) is 5.15. The minimum atomic E-state index is -4.71. The minimum absolute atomic E-state index is 0.0176. The zero-order valence-corrected chi connectivity index (χ0v) is 13.6. The Bertz CT molecular complexity index is 657. The third-order valence-corrected chi connectivity index (χ3v) is 4.71. The number of nitrogen functional groups attached to an aromatic ring is 1. The van der Waals surface area contributed by atoms with E-state index in [-0.39, 0.29) is 16.1 Å². The van der Waals surface area contributed by atoms with E-state index in [0.717, 1.165) is 16.1 Å². The van der Waals surface area contributed by atoms with Crippen LogP contribution in [0.4, 0.5) is 18.3 Å². The largest absolute Gasteiger partial charge is 0.573 e. The van der Waals surface area contributed by atoms with Crippen molar-refractivity contribution in [2.24, 2.45) is 0 Å². The maximum absolute atomic E-state index is 12.2. The highest BCUT2D eigenvalue weighted by atomic mass is 79.9. The van der Waals surface area contributed by atoms with Gasteiger partial charge in [-0.25, -0.2) is 4.98 Å². The Labute approximate surface area is 132 Å². The van der Waals surface area contributed by atoms with Crippen molar-refractivity contribution < 1.29 is 17.9 Å². The average Bonchev–Trinajstić information content (AvgIpc) is 2.68. The number of thiazole rings is 1. The molecule has 2 N–H and O–H groups in total. The molecule has 1 unspecified atom stereocenters. The number of anilines is 1. The van der Waals surface area contributed by atoms with Crippen molar-refractivity contribution in [1.29, 1.82) is 0 Å². The third kappa shape index (κ3) is 3.88. The summed E-state index contributed by atoms with van der Waals surface area (Å²) in [5.74, 6) is -0.282. The predicted octanol–water partition coefficient (Wildman–Crippen LogP) is 4.85. The van der Waals surface area contributed by atoms with Crippen LogP contribution in [-0.4, -0.2) is 11.3 Å². The summed E-state index contributed by atoms with van der Waals surface area (Å²) in [6.45, 7) is 3.81. The highest BCUT2D eigenvalue weighted by Crippen LogP contribution is 2.37. The summed E-state index contributed by atoms with van der Waals surface area (Å²) in [6.07, 6.45) is -4.71. The fraction of sp³-hybridized carbons (Fsp3) is 0.308. The summed E-state index contributed by atoms with van der Waals surface area (Å²) in [5, 5.41) is 0.477. The first-order valence-electron chi connectivity index (χ1n) is 5.95. The van der Waals surface area contributed by atoms with Crippen LogP contribution in [0.1, 0.15) is 29.0 Å². The Morgan fingerprint density at radius 1 is 1.38 bits per heavy atom. The van der Waals surface area contributed by atoms with Gasteiger partial charge in [-0.2, -0.15) is 0 Å². The first kappa shape index (κ1) is 16.1. The average molecular weight is 381 g/mol. The van der Waals surface area contributed by atoms with Gasteiger partial charge in [0.1, 0.15) is 5.75 Å². The lowest BCUT2D eigenvalue weighted by atomic mass is 9.98. The number of alkyl halides is 3. The van der Waals surface area contributed by atoms with Crippen LogP contribution in [0, 0.1) is 6.92 Å². The third-order valence-electron chi connectivity index (χ3n) is 2.92. The van der Waals surface area contributed by atoms with Crippen molar-refractivity contribution in [3.63, 3.8) is 0 Å². The summed E-state index contributed by atoms with van der Waals surface area (Å²) >= 11 is 4.48. The second kappa shape index (κ2) is 5.84. The van der Waals surface area contributed by atoms with E-state index in [2.05, 4.69) is 25.7 Å². The Morgan fingerprint density at radius 3 is 2.52 bits per heavy atom. The van der Waals surface area contributed by atoms with Gasteiger partial charge >= 0.3 is 6.36 Å². The molecule has 1 atom stereocenters. The van der Waals surface area contributed by atoms with E-state index in [1.807, 2.05) is 13.8 Å². The van der Waals surface area contributed by atoms with Gasteiger partial charge in [-0.1, -0.05) is 13.0 Å². The molecule has 0 aliphatic carbocycles. The summed E-state index contributed by atoms with van der Waals surface area (Å²) in [7, 11) is 0. The van der Waals surface area contributed by atoms with Gasteiger partial charge in [0.05, 0.1) is 10.2 Å². The standard InChI is InChI=1S/C13H12BrF3N2OS/c1-6(11-7(2)19-12(18)21-11)8-3-4-10(9(14)5-8)20-13(15,16)17/h3-6H,1-2H3,(H2,18,19). The van der Waals surface area contributed by atoms with Crippen molar-refractivity contribution in [3.05, 3.63) is 38.8 Å². The van der Waals surface area contributed by atoms with Gasteiger partial charge in [-0.3, -0.25) is 0 Å². The van der Waals surface area contributed by atoms with Gasteiger partial charge in [0.25, 0.3) is 0 Å². The topological polar surface area (TPSA) is 48.1 Å². The fourth-order valence-corrected chi connectivity index (χ4v) is 3.37. The van der Waals surface area contributed by atoms with Gasteiger partial charge in [-0.05, 0) is 40.5 Å². The number of rotatable bonds is 3. The molecule has 2 rings (SSSR count). The Kier molecular flexibility index (Phi) is 4.48. The van der Waals surface area contributed by atoms with Crippen LogP contribution >= 0.6 is 27.3 Å². The van der Waals surface area contributed by atoms with E-state index in [4.69, 9.17) is 5.73 Å². The Balaban J connectivity index is 2.29. The molecule has 114 valence electrons. The van der Waals surface area contributed by atoms with Crippen molar-refractivity contribution >= 4 is 32.4 Å². The van der Waals surface area contributed by atoms with Gasteiger partial charge in [0.2, 0.25) is 0 Å². The van der Waals surface area contributed by atoms with Crippen LogP contribution < -0.4 is 10.5 Å². The smallest absolute Gasteiger partial charge is 0.405 e. The SMILES string of the molecule is Cc1nc(N)sc1C(C)c1ccc(OC(F)(F)F)c(Br)c1. The zero-order chi connectivity index (χ0) is 15.8. The molecule has 0 aliphatic rings. The number of hydrogen-bond donors (Lipinski definition) is 1.